The Morgan fingerprint density at radius 1 is 1.59 bits per heavy atom. The van der Waals surface area contributed by atoms with Crippen molar-refractivity contribution in [1.82, 2.24) is 15.2 Å². The van der Waals surface area contributed by atoms with E-state index in [0.717, 1.165) is 37.5 Å². The molecule has 4 heteroatoms. The monoisotopic (exact) mass is 237 g/mol. The maximum atomic E-state index is 5.55. The lowest BCUT2D eigenvalue weighted by Gasteiger charge is -2.20. The highest BCUT2D eigenvalue weighted by Crippen LogP contribution is 2.20. The molecule has 0 bridgehead atoms. The van der Waals surface area contributed by atoms with Gasteiger partial charge in [0.25, 0.3) is 0 Å². The minimum Gasteiger partial charge on any atom is -0.449 e. The van der Waals surface area contributed by atoms with Gasteiger partial charge < -0.3 is 14.6 Å². The number of nitrogens with zero attached hydrogens (tertiary/aromatic N) is 2. The van der Waals surface area contributed by atoms with Gasteiger partial charge in [-0.3, -0.25) is 0 Å². The number of nitrogens with one attached hydrogen (secondary N) is 1. The number of hydrogen-bond acceptors (Lipinski definition) is 4. The Morgan fingerprint density at radius 2 is 2.47 bits per heavy atom. The summed E-state index contributed by atoms with van der Waals surface area (Å²) in [6.45, 7) is 5.55. The van der Waals surface area contributed by atoms with Gasteiger partial charge in [0.1, 0.15) is 6.26 Å². The largest absolute Gasteiger partial charge is 0.449 e. The van der Waals surface area contributed by atoms with Crippen LogP contribution >= 0.6 is 0 Å². The second-order valence-electron chi connectivity index (χ2n) is 4.71. The SMILES string of the molecule is CCN1CCCC1Cc1nc(CCNC)co1. The first-order valence-corrected chi connectivity index (χ1v) is 6.65. The van der Waals surface area contributed by atoms with E-state index in [-0.39, 0.29) is 0 Å². The molecular weight excluding hydrogens is 214 g/mol. The van der Waals surface area contributed by atoms with Crippen LogP contribution in [0.4, 0.5) is 0 Å². The lowest BCUT2D eigenvalue weighted by Crippen LogP contribution is -2.30. The first-order chi connectivity index (χ1) is 8.33. The second kappa shape index (κ2) is 6.17. The average Bonchev–Trinajstić information content (AvgIpc) is 2.96. The van der Waals surface area contributed by atoms with Crippen LogP contribution in [0.5, 0.6) is 0 Å². The number of hydrogen-bond donors (Lipinski definition) is 1. The Morgan fingerprint density at radius 3 is 3.24 bits per heavy atom. The number of aromatic nitrogens is 1. The predicted molar refractivity (Wildman–Crippen MR) is 68.1 cm³/mol. The predicted octanol–water partition coefficient (Wildman–Crippen LogP) is 1.46. The van der Waals surface area contributed by atoms with Gasteiger partial charge >= 0.3 is 0 Å². The fourth-order valence-electron chi connectivity index (χ4n) is 2.55. The maximum absolute atomic E-state index is 5.55. The van der Waals surface area contributed by atoms with Crippen molar-refractivity contribution in [3.8, 4) is 0 Å². The quantitative estimate of drug-likeness (QED) is 0.813. The Labute approximate surface area is 103 Å². The minimum absolute atomic E-state index is 0.635. The first-order valence-electron chi connectivity index (χ1n) is 6.65. The standard InChI is InChI=1S/C13H23N3O/c1-3-16-8-4-5-12(16)9-13-15-11(10-17-13)6-7-14-2/h10,12,14H,3-9H2,1-2H3. The fourth-order valence-corrected chi connectivity index (χ4v) is 2.55. The van der Waals surface area contributed by atoms with E-state index in [1.54, 1.807) is 6.26 Å². The molecule has 96 valence electrons. The van der Waals surface area contributed by atoms with Crippen LogP contribution in [0, 0.1) is 0 Å². The van der Waals surface area contributed by atoms with E-state index in [1.165, 1.54) is 19.4 Å². The van der Waals surface area contributed by atoms with Crippen LogP contribution in [0.3, 0.4) is 0 Å². The summed E-state index contributed by atoms with van der Waals surface area (Å²) in [6.07, 6.45) is 6.31. The van der Waals surface area contributed by atoms with Gasteiger partial charge in [-0.2, -0.15) is 0 Å². The summed E-state index contributed by atoms with van der Waals surface area (Å²) < 4.78 is 5.55. The topological polar surface area (TPSA) is 41.3 Å². The highest BCUT2D eigenvalue weighted by atomic mass is 16.3. The third kappa shape index (κ3) is 3.30. The zero-order valence-electron chi connectivity index (χ0n) is 10.9. The lowest BCUT2D eigenvalue weighted by atomic mass is 10.1. The zero-order chi connectivity index (χ0) is 12.1. The highest BCUT2D eigenvalue weighted by molar-refractivity contribution is 4.99. The van der Waals surface area contributed by atoms with E-state index < -0.39 is 0 Å². The molecular formula is C13H23N3O. The molecule has 1 aromatic heterocycles. The van der Waals surface area contributed by atoms with Gasteiger partial charge in [0.15, 0.2) is 5.89 Å². The number of likely N-dealkylation sites (tertiary alicyclic amines) is 1. The summed E-state index contributed by atoms with van der Waals surface area (Å²) in [5.41, 5.74) is 1.07. The zero-order valence-corrected chi connectivity index (χ0v) is 10.9. The van der Waals surface area contributed by atoms with Gasteiger partial charge in [-0.1, -0.05) is 6.92 Å². The normalized spacial score (nSPS) is 21.2. The van der Waals surface area contributed by atoms with Crippen molar-refractivity contribution in [2.45, 2.75) is 38.6 Å². The molecule has 0 radical (unpaired) electrons. The third-order valence-electron chi connectivity index (χ3n) is 3.55. The van der Waals surface area contributed by atoms with Crippen LogP contribution in [0.15, 0.2) is 10.7 Å². The molecule has 0 aromatic carbocycles. The van der Waals surface area contributed by atoms with E-state index in [1.807, 2.05) is 7.05 Å². The maximum Gasteiger partial charge on any atom is 0.195 e. The molecule has 1 unspecified atom stereocenters. The van der Waals surface area contributed by atoms with Crippen molar-refractivity contribution >= 4 is 0 Å². The molecule has 2 heterocycles. The summed E-state index contributed by atoms with van der Waals surface area (Å²) in [5, 5.41) is 3.12. The molecule has 17 heavy (non-hydrogen) atoms. The molecule has 1 atom stereocenters. The molecule has 4 nitrogen and oxygen atoms in total. The average molecular weight is 237 g/mol. The molecule has 1 aromatic rings. The molecule has 1 N–H and O–H groups in total. The molecule has 1 saturated heterocycles. The molecule has 1 aliphatic rings. The molecule has 0 spiro atoms. The number of rotatable bonds is 6. The third-order valence-corrected chi connectivity index (χ3v) is 3.55. The molecule has 1 fully saturated rings. The van der Waals surface area contributed by atoms with E-state index in [4.69, 9.17) is 4.42 Å². The molecule has 0 aliphatic carbocycles. The Hall–Kier alpha value is -0.870. The molecule has 0 amide bonds. The van der Waals surface area contributed by atoms with Crippen LogP contribution in [0.25, 0.3) is 0 Å². The molecule has 1 aliphatic heterocycles. The van der Waals surface area contributed by atoms with Crippen LogP contribution in [0.1, 0.15) is 31.4 Å². The van der Waals surface area contributed by atoms with Crippen LogP contribution in [-0.4, -0.2) is 42.6 Å². The number of likely N-dealkylation sites (N-methyl/N-ethyl adjacent to an activating group) is 2. The van der Waals surface area contributed by atoms with E-state index >= 15 is 0 Å². The Bertz CT molecular complexity index is 337. The molecule has 0 saturated carbocycles. The van der Waals surface area contributed by atoms with Crippen molar-refractivity contribution < 1.29 is 4.42 Å². The van der Waals surface area contributed by atoms with Crippen molar-refractivity contribution in [1.29, 1.82) is 0 Å². The molecule has 2 rings (SSSR count). The van der Waals surface area contributed by atoms with Gasteiger partial charge in [0.05, 0.1) is 5.69 Å². The second-order valence-corrected chi connectivity index (χ2v) is 4.71. The Balaban J connectivity index is 1.87. The van der Waals surface area contributed by atoms with Crippen molar-refractivity contribution in [2.75, 3.05) is 26.7 Å². The van der Waals surface area contributed by atoms with E-state index in [9.17, 15) is 0 Å². The highest BCUT2D eigenvalue weighted by Gasteiger charge is 2.24. The van der Waals surface area contributed by atoms with E-state index in [2.05, 4.69) is 22.1 Å². The first kappa shape index (κ1) is 12.6. The van der Waals surface area contributed by atoms with Gasteiger partial charge in [-0.15, -0.1) is 0 Å². The van der Waals surface area contributed by atoms with Gasteiger partial charge in [0.2, 0.25) is 0 Å². The summed E-state index contributed by atoms with van der Waals surface area (Å²) in [6, 6.07) is 0.635. The van der Waals surface area contributed by atoms with Crippen LogP contribution in [0.2, 0.25) is 0 Å². The van der Waals surface area contributed by atoms with Crippen molar-refractivity contribution in [3.63, 3.8) is 0 Å². The summed E-state index contributed by atoms with van der Waals surface area (Å²) in [4.78, 5) is 7.07. The summed E-state index contributed by atoms with van der Waals surface area (Å²) in [5.74, 6) is 0.904. The fraction of sp³-hybridized carbons (Fsp3) is 0.769. The van der Waals surface area contributed by atoms with E-state index in [0.29, 0.717) is 6.04 Å². The van der Waals surface area contributed by atoms with Crippen molar-refractivity contribution in [2.24, 2.45) is 0 Å². The smallest absolute Gasteiger partial charge is 0.195 e. The van der Waals surface area contributed by atoms with Gasteiger partial charge in [-0.25, -0.2) is 4.98 Å². The number of oxazole rings is 1. The minimum atomic E-state index is 0.635. The van der Waals surface area contributed by atoms with Crippen molar-refractivity contribution in [3.05, 3.63) is 17.8 Å². The Kier molecular flexibility index (Phi) is 4.57. The van der Waals surface area contributed by atoms with Crippen LogP contribution in [-0.2, 0) is 12.8 Å². The van der Waals surface area contributed by atoms with Gasteiger partial charge in [-0.05, 0) is 33.0 Å². The summed E-state index contributed by atoms with van der Waals surface area (Å²) >= 11 is 0. The lowest BCUT2D eigenvalue weighted by molar-refractivity contribution is 0.254. The van der Waals surface area contributed by atoms with Gasteiger partial charge in [0, 0.05) is 25.4 Å². The summed E-state index contributed by atoms with van der Waals surface area (Å²) in [7, 11) is 1.96. The van der Waals surface area contributed by atoms with Crippen LogP contribution < -0.4 is 5.32 Å².